The molecule has 1 aromatic rings. The Morgan fingerprint density at radius 2 is 2.24 bits per heavy atom. The maximum atomic E-state index is 12.0. The Bertz CT molecular complexity index is 427. The first-order valence-corrected chi connectivity index (χ1v) is 5.74. The van der Waals surface area contributed by atoms with Crippen LogP contribution in [0.5, 0.6) is 11.5 Å². The van der Waals surface area contributed by atoms with Gasteiger partial charge in [-0.3, -0.25) is 4.79 Å². The molecule has 17 heavy (non-hydrogen) atoms. The molecule has 1 aliphatic rings. The molecule has 1 N–H and O–H groups in total. The van der Waals surface area contributed by atoms with Gasteiger partial charge in [0.25, 0.3) is 5.91 Å². The average molecular weight is 235 g/mol. The number of ether oxygens (including phenoxy) is 1. The lowest BCUT2D eigenvalue weighted by Crippen LogP contribution is -2.28. The van der Waals surface area contributed by atoms with Crippen molar-refractivity contribution in [3.63, 3.8) is 0 Å². The van der Waals surface area contributed by atoms with Crippen molar-refractivity contribution in [2.45, 2.75) is 12.8 Å². The van der Waals surface area contributed by atoms with Crippen molar-refractivity contribution in [2.24, 2.45) is 5.92 Å². The molecule has 0 radical (unpaired) electrons. The highest BCUT2D eigenvalue weighted by atomic mass is 16.5. The number of carbonyl (C=O) groups is 1. The first-order valence-electron chi connectivity index (χ1n) is 5.74. The summed E-state index contributed by atoms with van der Waals surface area (Å²) in [7, 11) is 3.28. The van der Waals surface area contributed by atoms with E-state index in [4.69, 9.17) is 4.74 Å². The Morgan fingerprint density at radius 1 is 1.53 bits per heavy atom. The number of benzene rings is 1. The molecule has 0 bridgehead atoms. The molecule has 0 atom stereocenters. The summed E-state index contributed by atoms with van der Waals surface area (Å²) in [6.07, 6.45) is 2.43. The molecule has 4 heteroatoms. The predicted octanol–water partition coefficient (Wildman–Crippen LogP) is 1.88. The lowest BCUT2D eigenvalue weighted by molar-refractivity contribution is 0.0788. The van der Waals surface area contributed by atoms with Gasteiger partial charge in [0.2, 0.25) is 0 Å². The van der Waals surface area contributed by atoms with Crippen LogP contribution in [0.2, 0.25) is 0 Å². The van der Waals surface area contributed by atoms with Gasteiger partial charge in [0, 0.05) is 19.2 Å². The zero-order valence-corrected chi connectivity index (χ0v) is 10.1. The molecule has 0 heterocycles. The maximum absolute atomic E-state index is 12.0. The van der Waals surface area contributed by atoms with Gasteiger partial charge in [-0.1, -0.05) is 0 Å². The summed E-state index contributed by atoms with van der Waals surface area (Å²) < 4.78 is 4.94. The number of hydrogen-bond donors (Lipinski definition) is 1. The second-order valence-corrected chi connectivity index (χ2v) is 4.52. The second-order valence-electron chi connectivity index (χ2n) is 4.52. The summed E-state index contributed by atoms with van der Waals surface area (Å²) in [6, 6.07) is 4.72. The monoisotopic (exact) mass is 235 g/mol. The minimum absolute atomic E-state index is 0.00169. The summed E-state index contributed by atoms with van der Waals surface area (Å²) in [6.45, 7) is 0.797. The normalized spacial score (nSPS) is 14.5. The van der Waals surface area contributed by atoms with Crippen molar-refractivity contribution in [1.29, 1.82) is 0 Å². The van der Waals surface area contributed by atoms with Crippen molar-refractivity contribution < 1.29 is 14.6 Å². The lowest BCUT2D eigenvalue weighted by atomic mass is 10.1. The fourth-order valence-corrected chi connectivity index (χ4v) is 1.81. The molecular formula is C13H17NO3. The predicted molar refractivity (Wildman–Crippen MR) is 64.3 cm³/mol. The van der Waals surface area contributed by atoms with E-state index in [0.29, 0.717) is 17.2 Å². The van der Waals surface area contributed by atoms with Crippen molar-refractivity contribution in [1.82, 2.24) is 4.90 Å². The van der Waals surface area contributed by atoms with Gasteiger partial charge < -0.3 is 14.7 Å². The first-order chi connectivity index (χ1) is 8.11. The maximum Gasteiger partial charge on any atom is 0.253 e. The molecule has 2 rings (SSSR count). The van der Waals surface area contributed by atoms with E-state index in [0.717, 1.165) is 6.54 Å². The highest BCUT2D eigenvalue weighted by molar-refractivity contribution is 5.94. The summed E-state index contributed by atoms with van der Waals surface area (Å²) in [5.41, 5.74) is 0.492. The van der Waals surface area contributed by atoms with Crippen LogP contribution in [0.4, 0.5) is 0 Å². The molecule has 1 saturated carbocycles. The molecule has 92 valence electrons. The molecule has 0 saturated heterocycles. The van der Waals surface area contributed by atoms with Crippen LogP contribution in [0.25, 0.3) is 0 Å². The number of rotatable bonds is 4. The van der Waals surface area contributed by atoms with Crippen molar-refractivity contribution >= 4 is 5.91 Å². The van der Waals surface area contributed by atoms with E-state index < -0.39 is 0 Å². The second kappa shape index (κ2) is 4.65. The van der Waals surface area contributed by atoms with Gasteiger partial charge in [0.1, 0.15) is 0 Å². The number of methoxy groups -OCH3 is 1. The molecule has 0 aromatic heterocycles. The third-order valence-corrected chi connectivity index (χ3v) is 3.00. The van der Waals surface area contributed by atoms with Crippen LogP contribution in [0.1, 0.15) is 23.2 Å². The molecule has 0 unspecified atom stereocenters. The van der Waals surface area contributed by atoms with E-state index in [9.17, 15) is 9.90 Å². The third kappa shape index (κ3) is 2.70. The molecule has 4 nitrogen and oxygen atoms in total. The van der Waals surface area contributed by atoms with Crippen LogP contribution < -0.4 is 4.74 Å². The number of nitrogens with zero attached hydrogens (tertiary/aromatic N) is 1. The number of phenols is 1. The smallest absolute Gasteiger partial charge is 0.253 e. The zero-order chi connectivity index (χ0) is 12.4. The van der Waals surface area contributed by atoms with Crippen molar-refractivity contribution in [2.75, 3.05) is 20.7 Å². The van der Waals surface area contributed by atoms with Gasteiger partial charge in [-0.15, -0.1) is 0 Å². The SMILES string of the molecule is COc1ccc(C(=O)N(C)CC2CC2)cc1O. The summed E-state index contributed by atoms with van der Waals surface area (Å²) in [5, 5.41) is 9.62. The Hall–Kier alpha value is -1.71. The van der Waals surface area contributed by atoms with Crippen LogP contribution >= 0.6 is 0 Å². The number of hydrogen-bond acceptors (Lipinski definition) is 3. The third-order valence-electron chi connectivity index (χ3n) is 3.00. The fourth-order valence-electron chi connectivity index (χ4n) is 1.81. The Balaban J connectivity index is 2.09. The molecule has 1 amide bonds. The fraction of sp³-hybridized carbons (Fsp3) is 0.462. The Morgan fingerprint density at radius 3 is 2.76 bits per heavy atom. The van der Waals surface area contributed by atoms with E-state index in [1.54, 1.807) is 24.1 Å². The highest BCUT2D eigenvalue weighted by Gasteiger charge is 2.25. The van der Waals surface area contributed by atoms with Crippen LogP contribution in [0, 0.1) is 5.92 Å². The number of phenolic OH excluding ortho intramolecular Hbond substituents is 1. The first kappa shape index (κ1) is 11.8. The van der Waals surface area contributed by atoms with Gasteiger partial charge in [-0.25, -0.2) is 0 Å². The van der Waals surface area contributed by atoms with Gasteiger partial charge in [0.15, 0.2) is 11.5 Å². The number of carbonyl (C=O) groups excluding carboxylic acids is 1. The number of amides is 1. The molecule has 1 aliphatic carbocycles. The number of aromatic hydroxyl groups is 1. The molecule has 0 spiro atoms. The lowest BCUT2D eigenvalue weighted by Gasteiger charge is -2.17. The quantitative estimate of drug-likeness (QED) is 0.867. The Kier molecular flexibility index (Phi) is 3.22. The highest BCUT2D eigenvalue weighted by Crippen LogP contribution is 2.30. The summed E-state index contributed by atoms with van der Waals surface area (Å²) >= 11 is 0. The summed E-state index contributed by atoms with van der Waals surface area (Å²) in [4.78, 5) is 13.7. The van der Waals surface area contributed by atoms with Gasteiger partial charge in [-0.2, -0.15) is 0 Å². The largest absolute Gasteiger partial charge is 0.504 e. The standard InChI is InChI=1S/C13H17NO3/c1-14(8-9-3-4-9)13(16)10-5-6-12(17-2)11(15)7-10/h5-7,9,15H,3-4,8H2,1-2H3. The van der Waals surface area contributed by atoms with Crippen LogP contribution in [-0.4, -0.2) is 36.6 Å². The van der Waals surface area contributed by atoms with Crippen LogP contribution in [0.15, 0.2) is 18.2 Å². The van der Waals surface area contributed by atoms with E-state index >= 15 is 0 Å². The minimum atomic E-state index is -0.0603. The molecule has 1 aromatic carbocycles. The van der Waals surface area contributed by atoms with Gasteiger partial charge in [0.05, 0.1) is 7.11 Å². The topological polar surface area (TPSA) is 49.8 Å². The van der Waals surface area contributed by atoms with Crippen LogP contribution in [-0.2, 0) is 0 Å². The molecule has 0 aliphatic heterocycles. The average Bonchev–Trinajstić information content (AvgIpc) is 3.11. The van der Waals surface area contributed by atoms with E-state index in [1.165, 1.54) is 26.0 Å². The Labute approximate surface area is 101 Å². The van der Waals surface area contributed by atoms with Gasteiger partial charge in [-0.05, 0) is 37.0 Å². The summed E-state index contributed by atoms with van der Waals surface area (Å²) in [5.74, 6) is 0.982. The zero-order valence-electron chi connectivity index (χ0n) is 10.1. The minimum Gasteiger partial charge on any atom is -0.504 e. The van der Waals surface area contributed by atoms with E-state index in [-0.39, 0.29) is 11.7 Å². The molecular weight excluding hydrogens is 218 g/mol. The van der Waals surface area contributed by atoms with Crippen molar-refractivity contribution in [3.8, 4) is 11.5 Å². The van der Waals surface area contributed by atoms with Gasteiger partial charge >= 0.3 is 0 Å². The van der Waals surface area contributed by atoms with E-state index in [2.05, 4.69) is 0 Å². The molecule has 1 fully saturated rings. The van der Waals surface area contributed by atoms with Crippen molar-refractivity contribution in [3.05, 3.63) is 23.8 Å². The van der Waals surface area contributed by atoms with Crippen LogP contribution in [0.3, 0.4) is 0 Å². The van der Waals surface area contributed by atoms with E-state index in [1.807, 2.05) is 0 Å².